The van der Waals surface area contributed by atoms with Crippen molar-refractivity contribution in [2.75, 3.05) is 5.32 Å². The first-order valence-electron chi connectivity index (χ1n) is 5.78. The van der Waals surface area contributed by atoms with Crippen LogP contribution in [0, 0.1) is 17.2 Å². The summed E-state index contributed by atoms with van der Waals surface area (Å²) in [4.78, 5) is 4.03. The molecule has 86 valence electrons. The third kappa shape index (κ3) is 3.54. The van der Waals surface area contributed by atoms with Gasteiger partial charge < -0.3 is 5.32 Å². The molecule has 1 heterocycles. The van der Waals surface area contributed by atoms with Crippen LogP contribution in [0.3, 0.4) is 0 Å². The average molecular weight is 217 g/mol. The maximum absolute atomic E-state index is 8.94. The van der Waals surface area contributed by atoms with Gasteiger partial charge in [-0.15, -0.1) is 0 Å². The summed E-state index contributed by atoms with van der Waals surface area (Å²) in [5.41, 5.74) is 1.49. The lowest BCUT2D eigenvalue weighted by atomic mass is 10.00. The molecule has 0 fully saturated rings. The van der Waals surface area contributed by atoms with Gasteiger partial charge in [-0.1, -0.05) is 20.3 Å². The third-order valence-electron chi connectivity index (χ3n) is 2.80. The van der Waals surface area contributed by atoms with E-state index in [9.17, 15) is 0 Å². The Morgan fingerprint density at radius 2 is 2.25 bits per heavy atom. The molecule has 16 heavy (non-hydrogen) atoms. The number of hydrogen-bond acceptors (Lipinski definition) is 3. The molecule has 0 aliphatic rings. The molecule has 0 aliphatic carbocycles. The normalized spacial score (nSPS) is 13.9. The number of aromatic nitrogens is 1. The second kappa shape index (κ2) is 6.12. The van der Waals surface area contributed by atoms with Crippen molar-refractivity contribution in [2.24, 2.45) is 5.92 Å². The van der Waals surface area contributed by atoms with E-state index in [1.165, 1.54) is 6.42 Å². The van der Waals surface area contributed by atoms with Crippen molar-refractivity contribution in [1.82, 2.24) is 4.98 Å². The Hall–Kier alpha value is -1.56. The zero-order valence-electron chi connectivity index (χ0n) is 10.2. The van der Waals surface area contributed by atoms with Crippen LogP contribution in [0.15, 0.2) is 18.5 Å². The summed E-state index contributed by atoms with van der Waals surface area (Å²) in [5.74, 6) is 0.699. The fourth-order valence-corrected chi connectivity index (χ4v) is 1.70. The first-order chi connectivity index (χ1) is 7.67. The Morgan fingerprint density at radius 1 is 1.50 bits per heavy atom. The van der Waals surface area contributed by atoms with Crippen molar-refractivity contribution < 1.29 is 0 Å². The molecule has 1 N–H and O–H groups in total. The Bertz CT molecular complexity index is 368. The minimum Gasteiger partial charge on any atom is -0.380 e. The molecule has 0 saturated heterocycles. The summed E-state index contributed by atoms with van der Waals surface area (Å²) in [6.45, 7) is 6.58. The van der Waals surface area contributed by atoms with Gasteiger partial charge >= 0.3 is 0 Å². The minimum atomic E-state index is 0.367. The molecule has 0 radical (unpaired) electrons. The molecule has 1 aromatic heterocycles. The van der Waals surface area contributed by atoms with Crippen LogP contribution < -0.4 is 5.32 Å². The number of anilines is 1. The molecular formula is C13H19N3. The number of nitriles is 1. The highest BCUT2D eigenvalue weighted by Gasteiger charge is 2.09. The number of pyridine rings is 1. The predicted molar refractivity (Wildman–Crippen MR) is 66.1 cm³/mol. The highest BCUT2D eigenvalue weighted by molar-refractivity contribution is 5.55. The van der Waals surface area contributed by atoms with Gasteiger partial charge in [-0.2, -0.15) is 5.26 Å². The average Bonchev–Trinajstić information content (AvgIpc) is 2.29. The Kier molecular flexibility index (Phi) is 4.78. The Balaban J connectivity index is 2.63. The van der Waals surface area contributed by atoms with E-state index in [-0.39, 0.29) is 0 Å². The van der Waals surface area contributed by atoms with Crippen molar-refractivity contribution in [3.63, 3.8) is 0 Å². The Labute approximate surface area is 97.5 Å². The lowest BCUT2D eigenvalue weighted by Gasteiger charge is -2.18. The van der Waals surface area contributed by atoms with Gasteiger partial charge in [-0.05, 0) is 25.3 Å². The molecule has 3 nitrogen and oxygen atoms in total. The summed E-state index contributed by atoms with van der Waals surface area (Å²) in [6.07, 6.45) is 5.65. The molecule has 2 unspecified atom stereocenters. The summed E-state index contributed by atoms with van der Waals surface area (Å²) in [6, 6.07) is 4.27. The largest absolute Gasteiger partial charge is 0.380 e. The maximum Gasteiger partial charge on any atom is 0.101 e. The topological polar surface area (TPSA) is 48.7 Å². The molecule has 0 amide bonds. The van der Waals surface area contributed by atoms with Crippen LogP contribution >= 0.6 is 0 Å². The molecule has 2 atom stereocenters. The Morgan fingerprint density at radius 3 is 2.88 bits per heavy atom. The fourth-order valence-electron chi connectivity index (χ4n) is 1.70. The lowest BCUT2D eigenvalue weighted by molar-refractivity contribution is 0.483. The highest BCUT2D eigenvalue weighted by Crippen LogP contribution is 2.17. The highest BCUT2D eigenvalue weighted by atomic mass is 14.9. The SMILES string of the molecule is CCC(C)CC(C)Nc1cnccc1C#N. The van der Waals surface area contributed by atoms with Crippen LogP contribution in [-0.2, 0) is 0 Å². The van der Waals surface area contributed by atoms with E-state index in [1.807, 2.05) is 0 Å². The molecule has 3 heteroatoms. The maximum atomic E-state index is 8.94. The zero-order chi connectivity index (χ0) is 12.0. The number of rotatable bonds is 5. The van der Waals surface area contributed by atoms with Crippen LogP contribution in [0.25, 0.3) is 0 Å². The van der Waals surface area contributed by atoms with Crippen molar-refractivity contribution in [3.05, 3.63) is 24.0 Å². The zero-order valence-corrected chi connectivity index (χ0v) is 10.2. The van der Waals surface area contributed by atoms with E-state index >= 15 is 0 Å². The quantitative estimate of drug-likeness (QED) is 0.824. The van der Waals surface area contributed by atoms with E-state index in [0.717, 1.165) is 12.1 Å². The van der Waals surface area contributed by atoms with Gasteiger partial charge in [0.05, 0.1) is 17.4 Å². The van der Waals surface area contributed by atoms with Crippen LogP contribution in [0.4, 0.5) is 5.69 Å². The monoisotopic (exact) mass is 217 g/mol. The lowest BCUT2D eigenvalue weighted by Crippen LogP contribution is -2.18. The van der Waals surface area contributed by atoms with Gasteiger partial charge in [-0.3, -0.25) is 4.98 Å². The van der Waals surface area contributed by atoms with Gasteiger partial charge in [0.25, 0.3) is 0 Å². The third-order valence-corrected chi connectivity index (χ3v) is 2.80. The number of nitrogens with zero attached hydrogens (tertiary/aromatic N) is 2. The van der Waals surface area contributed by atoms with E-state index in [4.69, 9.17) is 5.26 Å². The molecule has 0 bridgehead atoms. The first-order valence-corrected chi connectivity index (χ1v) is 5.78. The van der Waals surface area contributed by atoms with Crippen LogP contribution in [0.1, 0.15) is 39.2 Å². The molecular weight excluding hydrogens is 198 g/mol. The second-order valence-corrected chi connectivity index (χ2v) is 4.33. The molecule has 1 rings (SSSR count). The fraction of sp³-hybridized carbons (Fsp3) is 0.538. The smallest absolute Gasteiger partial charge is 0.101 e. The van der Waals surface area contributed by atoms with Crippen molar-refractivity contribution in [2.45, 2.75) is 39.7 Å². The van der Waals surface area contributed by atoms with E-state index in [0.29, 0.717) is 17.5 Å². The first kappa shape index (κ1) is 12.5. The minimum absolute atomic E-state index is 0.367. The van der Waals surface area contributed by atoms with E-state index < -0.39 is 0 Å². The van der Waals surface area contributed by atoms with Crippen LogP contribution in [-0.4, -0.2) is 11.0 Å². The summed E-state index contributed by atoms with van der Waals surface area (Å²) >= 11 is 0. The van der Waals surface area contributed by atoms with E-state index in [2.05, 4.69) is 37.1 Å². The molecule has 1 aromatic rings. The van der Waals surface area contributed by atoms with Crippen LogP contribution in [0.2, 0.25) is 0 Å². The molecule has 0 spiro atoms. The molecule has 0 aromatic carbocycles. The summed E-state index contributed by atoms with van der Waals surface area (Å²) in [7, 11) is 0. The summed E-state index contributed by atoms with van der Waals surface area (Å²) in [5, 5.41) is 12.3. The standard InChI is InChI=1S/C13H19N3/c1-4-10(2)7-11(3)16-13-9-15-6-5-12(13)8-14/h5-6,9-11,16H,4,7H2,1-3H3. The van der Waals surface area contributed by atoms with Gasteiger partial charge in [0.2, 0.25) is 0 Å². The van der Waals surface area contributed by atoms with Crippen molar-refractivity contribution in [3.8, 4) is 6.07 Å². The van der Waals surface area contributed by atoms with Crippen LogP contribution in [0.5, 0.6) is 0 Å². The van der Waals surface area contributed by atoms with Gasteiger partial charge in [-0.25, -0.2) is 0 Å². The number of hydrogen-bond donors (Lipinski definition) is 1. The summed E-state index contributed by atoms with van der Waals surface area (Å²) < 4.78 is 0. The number of nitrogens with one attached hydrogen (secondary N) is 1. The van der Waals surface area contributed by atoms with E-state index in [1.54, 1.807) is 18.5 Å². The second-order valence-electron chi connectivity index (χ2n) is 4.33. The van der Waals surface area contributed by atoms with Gasteiger partial charge in [0.15, 0.2) is 0 Å². The van der Waals surface area contributed by atoms with Gasteiger partial charge in [0.1, 0.15) is 6.07 Å². The van der Waals surface area contributed by atoms with Crippen molar-refractivity contribution in [1.29, 1.82) is 5.26 Å². The predicted octanol–water partition coefficient (Wildman–Crippen LogP) is 3.19. The molecule has 0 aliphatic heterocycles. The molecule has 0 saturated carbocycles. The van der Waals surface area contributed by atoms with Gasteiger partial charge in [0, 0.05) is 12.2 Å². The van der Waals surface area contributed by atoms with Crippen molar-refractivity contribution >= 4 is 5.69 Å².